The molecule has 0 spiro atoms. The van der Waals surface area contributed by atoms with Crippen LogP contribution in [0.2, 0.25) is 38.3 Å². The van der Waals surface area contributed by atoms with Crippen LogP contribution in [-0.4, -0.2) is 60.0 Å². The summed E-state index contributed by atoms with van der Waals surface area (Å²) in [5.41, 5.74) is 0. The van der Waals surface area contributed by atoms with Crippen LogP contribution in [0.3, 0.4) is 0 Å². The van der Waals surface area contributed by atoms with E-state index in [1.165, 1.54) is 12.5 Å². The van der Waals surface area contributed by atoms with Crippen molar-refractivity contribution in [3.05, 3.63) is 0 Å². The summed E-state index contributed by atoms with van der Waals surface area (Å²) in [7, 11) is 3.27. The van der Waals surface area contributed by atoms with E-state index in [0.29, 0.717) is 0 Å². The highest BCUT2D eigenvalue weighted by molar-refractivity contribution is 6.84. The number of hydrogen-bond donors (Lipinski definition) is 1. The number of hydrogen-bond acceptors (Lipinski definition) is 2. The van der Waals surface area contributed by atoms with Gasteiger partial charge in [-0.1, -0.05) is 13.3 Å². The molecule has 0 bridgehead atoms. The third-order valence-corrected chi connectivity index (χ3v) is 10.9. The lowest BCUT2D eigenvalue weighted by Gasteiger charge is -2.35. The van der Waals surface area contributed by atoms with Crippen LogP contribution in [0.5, 0.6) is 0 Å². The monoisotopic (exact) mass is 306 g/mol. The first-order valence-corrected chi connectivity index (χ1v) is 13.8. The van der Waals surface area contributed by atoms with Gasteiger partial charge in [0, 0.05) is 0 Å². The molecule has 0 saturated heterocycles. The molecule has 0 aromatic carbocycles. The second kappa shape index (κ2) is 7.36. The van der Waals surface area contributed by atoms with Crippen molar-refractivity contribution < 1.29 is 13.7 Å². The van der Waals surface area contributed by atoms with Crippen molar-refractivity contribution in [1.82, 2.24) is 0 Å². The molecule has 0 aromatic heterocycles. The van der Waals surface area contributed by atoms with E-state index in [0.717, 1.165) is 23.5 Å². The zero-order chi connectivity index (χ0) is 15.3. The van der Waals surface area contributed by atoms with Gasteiger partial charge < -0.3 is 13.7 Å². The smallest absolute Gasteiger partial charge is 0.173 e. The summed E-state index contributed by atoms with van der Waals surface area (Å²) in [5, 5.41) is 10.1. The van der Waals surface area contributed by atoms with Crippen molar-refractivity contribution in [2.24, 2.45) is 0 Å². The fraction of sp³-hybridized carbons (Fsp3) is 1.00. The average Bonchev–Trinajstić information content (AvgIpc) is 2.10. The van der Waals surface area contributed by atoms with E-state index in [1.807, 2.05) is 0 Å². The summed E-state index contributed by atoms with van der Waals surface area (Å²) in [6.45, 7) is 12.3. The van der Waals surface area contributed by atoms with E-state index in [4.69, 9.17) is 4.12 Å². The van der Waals surface area contributed by atoms with Crippen molar-refractivity contribution in [3.8, 4) is 0 Å². The second-order valence-corrected chi connectivity index (χ2v) is 16.9. The highest BCUT2D eigenvalue weighted by atomic mass is 28.4. The maximum Gasteiger partial charge on any atom is 0.173 e. The van der Waals surface area contributed by atoms with E-state index in [2.05, 4.69) is 54.3 Å². The van der Waals surface area contributed by atoms with Crippen molar-refractivity contribution in [2.45, 2.75) is 64.1 Å². The third-order valence-electron chi connectivity index (χ3n) is 3.24. The molecule has 5 heteroatoms. The van der Waals surface area contributed by atoms with E-state index in [9.17, 15) is 5.11 Å². The summed E-state index contributed by atoms with van der Waals surface area (Å²) >= 11 is 0. The maximum atomic E-state index is 10.1. The first-order valence-electron chi connectivity index (χ1n) is 7.56. The molecule has 0 saturated carbocycles. The van der Waals surface area contributed by atoms with Gasteiger partial charge in [0.2, 0.25) is 0 Å². The minimum absolute atomic E-state index is 0.202. The summed E-state index contributed by atoms with van der Waals surface area (Å²) in [4.78, 5) is 0. The van der Waals surface area contributed by atoms with E-state index >= 15 is 0 Å². The van der Waals surface area contributed by atoms with Gasteiger partial charge in [-0.3, -0.25) is 0 Å². The molecule has 116 valence electrons. The second-order valence-electron chi connectivity index (χ2n) is 8.04. The van der Waals surface area contributed by atoms with E-state index < -0.39 is 16.6 Å². The van der Waals surface area contributed by atoms with Crippen LogP contribution in [0.15, 0.2) is 0 Å². The average molecular weight is 307 g/mol. The lowest BCUT2D eigenvalue weighted by Crippen LogP contribution is -2.46. The molecule has 1 atom stereocenters. The van der Waals surface area contributed by atoms with Gasteiger partial charge in [0.25, 0.3) is 0 Å². The van der Waals surface area contributed by atoms with Crippen molar-refractivity contribution in [1.29, 1.82) is 0 Å². The number of likely N-dealkylation sites (N-methyl/N-ethyl adjacent to an activating group) is 1. The largest absolute Gasteiger partial charge is 0.455 e. The molecule has 0 aliphatic rings. The van der Waals surface area contributed by atoms with Crippen LogP contribution in [0, 0.1) is 0 Å². The molecule has 0 aromatic rings. The molecule has 1 N–H and O–H groups in total. The number of nitrogens with zero attached hydrogens (tertiary/aromatic N) is 1. The molecule has 0 aliphatic heterocycles. The number of aliphatic hydroxyl groups is 1. The van der Waals surface area contributed by atoms with Crippen molar-refractivity contribution in [2.75, 3.05) is 27.7 Å². The predicted octanol–water partition coefficient (Wildman–Crippen LogP) is 3.28. The molecule has 0 radical (unpaired) electrons. The maximum absolute atomic E-state index is 10.1. The van der Waals surface area contributed by atoms with Gasteiger partial charge in [-0.25, -0.2) is 0 Å². The Labute approximate surface area is 122 Å². The van der Waals surface area contributed by atoms with Gasteiger partial charge in [0.15, 0.2) is 16.6 Å². The third kappa shape index (κ3) is 10.7. The Hall–Kier alpha value is 0.314. The minimum Gasteiger partial charge on any atom is -0.455 e. The van der Waals surface area contributed by atoms with Crippen LogP contribution in [0.25, 0.3) is 0 Å². The molecule has 0 fully saturated rings. The minimum atomic E-state index is -1.62. The molecule has 0 rings (SSSR count). The van der Waals surface area contributed by atoms with Crippen LogP contribution in [0.4, 0.5) is 0 Å². The predicted molar refractivity (Wildman–Crippen MR) is 89.5 cm³/mol. The lowest BCUT2D eigenvalue weighted by atomic mass is 10.2. The molecule has 19 heavy (non-hydrogen) atoms. The Morgan fingerprint density at radius 1 is 1.00 bits per heavy atom. The normalized spacial score (nSPS) is 15.6. The summed E-state index contributed by atoms with van der Waals surface area (Å²) < 4.78 is 7.33. The van der Waals surface area contributed by atoms with Crippen LogP contribution in [0.1, 0.15) is 19.8 Å². The van der Waals surface area contributed by atoms with E-state index in [1.54, 1.807) is 0 Å². The van der Waals surface area contributed by atoms with Gasteiger partial charge in [0.05, 0.1) is 21.1 Å². The molecule has 0 aliphatic carbocycles. The standard InChI is InChI=1S/C14H36NO2Si2/c1-9-11-18(5,6)17-19(7,8)12-10-14(16)13-15(2,3)4/h14,16H,9-13H2,1-8H3/q+1. The fourth-order valence-electron chi connectivity index (χ4n) is 2.69. The van der Waals surface area contributed by atoms with Gasteiger partial charge in [0.1, 0.15) is 12.6 Å². The van der Waals surface area contributed by atoms with Crippen LogP contribution >= 0.6 is 0 Å². The van der Waals surface area contributed by atoms with Crippen LogP contribution in [-0.2, 0) is 4.12 Å². The molecule has 0 heterocycles. The Bertz CT molecular complexity index is 263. The Balaban J connectivity index is 4.23. The quantitative estimate of drug-likeness (QED) is 0.523. The fourth-order valence-corrected chi connectivity index (χ4v) is 11.7. The molecule has 1 unspecified atom stereocenters. The highest BCUT2D eigenvalue weighted by Crippen LogP contribution is 2.24. The first kappa shape index (κ1) is 19.3. The summed E-state index contributed by atoms with van der Waals surface area (Å²) in [6.07, 6.45) is 1.89. The van der Waals surface area contributed by atoms with Crippen LogP contribution < -0.4 is 0 Å². The Morgan fingerprint density at radius 3 is 1.89 bits per heavy atom. The Kier molecular flexibility index (Phi) is 7.48. The molecular weight excluding hydrogens is 270 g/mol. The zero-order valence-electron chi connectivity index (χ0n) is 14.4. The topological polar surface area (TPSA) is 29.5 Å². The molecule has 0 amide bonds. The van der Waals surface area contributed by atoms with Gasteiger partial charge in [-0.2, -0.15) is 0 Å². The molecule has 3 nitrogen and oxygen atoms in total. The van der Waals surface area contributed by atoms with Crippen molar-refractivity contribution in [3.63, 3.8) is 0 Å². The van der Waals surface area contributed by atoms with Gasteiger partial charge in [-0.05, 0) is 44.7 Å². The van der Waals surface area contributed by atoms with Crippen molar-refractivity contribution >= 4 is 16.6 Å². The summed E-state index contributed by atoms with van der Waals surface area (Å²) in [5.74, 6) is 0. The number of quaternary nitrogens is 1. The van der Waals surface area contributed by atoms with Gasteiger partial charge >= 0.3 is 0 Å². The lowest BCUT2D eigenvalue weighted by molar-refractivity contribution is -0.873. The number of rotatable bonds is 9. The Morgan fingerprint density at radius 2 is 1.47 bits per heavy atom. The van der Waals surface area contributed by atoms with Gasteiger partial charge in [-0.15, -0.1) is 0 Å². The first-order chi connectivity index (χ1) is 8.37. The highest BCUT2D eigenvalue weighted by Gasteiger charge is 2.32. The zero-order valence-corrected chi connectivity index (χ0v) is 16.4. The SMILES string of the molecule is CCC[Si](C)(C)O[Si](C)(C)CCC(O)C[N+](C)(C)C. The summed E-state index contributed by atoms with van der Waals surface area (Å²) in [6, 6.07) is 2.30. The van der Waals surface area contributed by atoms with E-state index in [-0.39, 0.29) is 6.10 Å². The molecular formula is C14H36NO2Si2+. The number of aliphatic hydroxyl groups excluding tert-OH is 1.